The first-order valence-electron chi connectivity index (χ1n) is 10.1. The van der Waals surface area contributed by atoms with Crippen molar-refractivity contribution in [3.05, 3.63) is 53.7 Å². The van der Waals surface area contributed by atoms with Crippen LogP contribution in [0.5, 0.6) is 0 Å². The fraction of sp³-hybridized carbons (Fsp3) is 0.333. The van der Waals surface area contributed by atoms with Crippen molar-refractivity contribution in [3.8, 4) is 0 Å². The van der Waals surface area contributed by atoms with Gasteiger partial charge >= 0.3 is 0 Å². The molecule has 162 valence electrons. The van der Waals surface area contributed by atoms with Gasteiger partial charge in [-0.05, 0) is 32.2 Å². The molecule has 1 aliphatic heterocycles. The third-order valence-electron chi connectivity index (χ3n) is 5.20. The van der Waals surface area contributed by atoms with Crippen molar-refractivity contribution in [2.24, 2.45) is 0 Å². The Bertz CT molecular complexity index is 1060. The number of amides is 1. The SMILES string of the molecule is Cc1c(Nc2cc(CC(=O)Nc3cccc(F)c3)[nH]n2)ncnc1N1CCN(C)CC1. The third kappa shape index (κ3) is 5.15. The Morgan fingerprint density at radius 3 is 2.77 bits per heavy atom. The number of halogens is 1. The minimum absolute atomic E-state index is 0.0838. The number of anilines is 4. The van der Waals surface area contributed by atoms with Crippen molar-refractivity contribution in [2.75, 3.05) is 48.8 Å². The number of nitrogens with zero attached hydrogens (tertiary/aromatic N) is 5. The molecule has 10 heteroatoms. The molecule has 0 bridgehead atoms. The van der Waals surface area contributed by atoms with E-state index in [1.165, 1.54) is 12.1 Å². The van der Waals surface area contributed by atoms with E-state index in [1.807, 2.05) is 6.92 Å². The topological polar surface area (TPSA) is 102 Å². The molecule has 0 atom stereocenters. The Morgan fingerprint density at radius 2 is 2.00 bits per heavy atom. The Morgan fingerprint density at radius 1 is 1.19 bits per heavy atom. The molecular formula is C21H25FN8O. The van der Waals surface area contributed by atoms with Crippen LogP contribution in [0.2, 0.25) is 0 Å². The molecule has 1 fully saturated rings. The lowest BCUT2D eigenvalue weighted by Gasteiger charge is -2.34. The lowest BCUT2D eigenvalue weighted by Crippen LogP contribution is -2.45. The van der Waals surface area contributed by atoms with E-state index in [-0.39, 0.29) is 12.3 Å². The molecule has 0 saturated carbocycles. The molecule has 1 amide bonds. The predicted octanol–water partition coefficient (Wildman–Crippen LogP) is 2.32. The molecule has 0 spiro atoms. The van der Waals surface area contributed by atoms with Crippen LogP contribution < -0.4 is 15.5 Å². The van der Waals surface area contributed by atoms with E-state index in [4.69, 9.17) is 0 Å². The maximum Gasteiger partial charge on any atom is 0.230 e. The van der Waals surface area contributed by atoms with E-state index in [0.717, 1.165) is 37.6 Å². The summed E-state index contributed by atoms with van der Waals surface area (Å²) in [6, 6.07) is 7.53. The van der Waals surface area contributed by atoms with Crippen LogP contribution in [0.15, 0.2) is 36.7 Å². The summed E-state index contributed by atoms with van der Waals surface area (Å²) < 4.78 is 13.3. The summed E-state index contributed by atoms with van der Waals surface area (Å²) in [5.41, 5.74) is 1.98. The molecular weight excluding hydrogens is 399 g/mol. The summed E-state index contributed by atoms with van der Waals surface area (Å²) in [6.07, 6.45) is 1.63. The smallest absolute Gasteiger partial charge is 0.230 e. The number of rotatable bonds is 6. The van der Waals surface area contributed by atoms with Crippen LogP contribution in [0.3, 0.4) is 0 Å². The van der Waals surface area contributed by atoms with Gasteiger partial charge in [-0.1, -0.05) is 6.07 Å². The Labute approximate surface area is 179 Å². The predicted molar refractivity (Wildman–Crippen MR) is 117 cm³/mol. The van der Waals surface area contributed by atoms with Gasteiger partial charge in [-0.15, -0.1) is 0 Å². The fourth-order valence-corrected chi connectivity index (χ4v) is 3.49. The molecule has 0 unspecified atom stereocenters. The van der Waals surface area contributed by atoms with Crippen LogP contribution in [0, 0.1) is 12.7 Å². The van der Waals surface area contributed by atoms with Crippen molar-refractivity contribution in [3.63, 3.8) is 0 Å². The number of piperazine rings is 1. The van der Waals surface area contributed by atoms with Gasteiger partial charge in [0.2, 0.25) is 5.91 Å². The van der Waals surface area contributed by atoms with Crippen LogP contribution >= 0.6 is 0 Å². The molecule has 3 aromatic rings. The zero-order valence-corrected chi connectivity index (χ0v) is 17.5. The fourth-order valence-electron chi connectivity index (χ4n) is 3.49. The van der Waals surface area contributed by atoms with Crippen molar-refractivity contribution in [1.29, 1.82) is 0 Å². The van der Waals surface area contributed by atoms with Crippen molar-refractivity contribution < 1.29 is 9.18 Å². The van der Waals surface area contributed by atoms with Crippen LogP contribution in [0.25, 0.3) is 0 Å². The lowest BCUT2D eigenvalue weighted by atomic mass is 10.2. The molecule has 4 rings (SSSR count). The molecule has 31 heavy (non-hydrogen) atoms. The summed E-state index contributed by atoms with van der Waals surface area (Å²) in [7, 11) is 2.12. The largest absolute Gasteiger partial charge is 0.354 e. The minimum atomic E-state index is -0.401. The number of aromatic nitrogens is 4. The van der Waals surface area contributed by atoms with Crippen LogP contribution in [0.4, 0.5) is 27.5 Å². The third-order valence-corrected chi connectivity index (χ3v) is 5.20. The minimum Gasteiger partial charge on any atom is -0.354 e. The number of benzene rings is 1. The first kappa shape index (κ1) is 20.7. The summed E-state index contributed by atoms with van der Waals surface area (Å²) in [5, 5.41) is 12.9. The summed E-state index contributed by atoms with van der Waals surface area (Å²) in [4.78, 5) is 25.6. The highest BCUT2D eigenvalue weighted by atomic mass is 19.1. The van der Waals surface area contributed by atoms with E-state index in [2.05, 4.69) is 47.6 Å². The Hall–Kier alpha value is -3.53. The molecule has 3 heterocycles. The standard InChI is InChI=1S/C21H25FN8O/c1-14-20(23-13-24-21(14)30-8-6-29(2)7-9-30)26-18-11-17(27-28-18)12-19(31)25-16-5-3-4-15(22)10-16/h3-5,10-11,13H,6-9,12H2,1-2H3,(H,25,31)(H2,23,24,26,27,28). The number of carbonyl (C=O) groups excluding carboxylic acids is 1. The number of nitrogens with one attached hydrogen (secondary N) is 3. The van der Waals surface area contributed by atoms with Gasteiger partial charge in [0.05, 0.1) is 6.42 Å². The number of likely N-dealkylation sites (N-methyl/N-ethyl adjacent to an activating group) is 1. The van der Waals surface area contributed by atoms with E-state index in [1.54, 1.807) is 24.5 Å². The van der Waals surface area contributed by atoms with E-state index in [9.17, 15) is 9.18 Å². The van der Waals surface area contributed by atoms with Gasteiger partial charge in [0.25, 0.3) is 0 Å². The van der Waals surface area contributed by atoms with Gasteiger partial charge in [-0.25, -0.2) is 14.4 Å². The lowest BCUT2D eigenvalue weighted by molar-refractivity contribution is -0.115. The van der Waals surface area contributed by atoms with Crippen LogP contribution in [-0.4, -0.2) is 64.2 Å². The summed E-state index contributed by atoms with van der Waals surface area (Å²) in [6.45, 7) is 5.80. The zero-order chi connectivity index (χ0) is 21.8. The average Bonchev–Trinajstić information content (AvgIpc) is 3.17. The van der Waals surface area contributed by atoms with E-state index < -0.39 is 5.82 Å². The van der Waals surface area contributed by atoms with Crippen LogP contribution in [0.1, 0.15) is 11.3 Å². The van der Waals surface area contributed by atoms with Crippen molar-refractivity contribution in [1.82, 2.24) is 25.1 Å². The molecule has 9 nitrogen and oxygen atoms in total. The van der Waals surface area contributed by atoms with Gasteiger partial charge in [-0.2, -0.15) is 5.10 Å². The van der Waals surface area contributed by atoms with Gasteiger partial charge in [0, 0.05) is 49.2 Å². The quantitative estimate of drug-likeness (QED) is 0.558. The Balaban J connectivity index is 1.39. The highest BCUT2D eigenvalue weighted by Crippen LogP contribution is 2.25. The highest BCUT2D eigenvalue weighted by molar-refractivity contribution is 5.92. The van der Waals surface area contributed by atoms with E-state index >= 15 is 0 Å². The maximum absolute atomic E-state index is 13.3. The van der Waals surface area contributed by atoms with Crippen molar-refractivity contribution >= 4 is 29.0 Å². The number of carbonyl (C=O) groups is 1. The van der Waals surface area contributed by atoms with Gasteiger partial charge in [-0.3, -0.25) is 9.89 Å². The molecule has 3 N–H and O–H groups in total. The normalized spacial score (nSPS) is 14.5. The molecule has 0 radical (unpaired) electrons. The molecule has 1 aromatic carbocycles. The molecule has 1 aliphatic rings. The van der Waals surface area contributed by atoms with Crippen LogP contribution in [-0.2, 0) is 11.2 Å². The van der Waals surface area contributed by atoms with Gasteiger partial charge in [0.1, 0.15) is 23.8 Å². The first-order valence-corrected chi connectivity index (χ1v) is 10.1. The van der Waals surface area contributed by atoms with Gasteiger partial charge in [0.15, 0.2) is 5.82 Å². The van der Waals surface area contributed by atoms with Crippen molar-refractivity contribution in [2.45, 2.75) is 13.3 Å². The molecule has 0 aliphatic carbocycles. The number of aromatic amines is 1. The number of hydrogen-bond donors (Lipinski definition) is 3. The highest BCUT2D eigenvalue weighted by Gasteiger charge is 2.19. The first-order chi connectivity index (χ1) is 15.0. The molecule has 1 saturated heterocycles. The second kappa shape index (κ2) is 9.09. The monoisotopic (exact) mass is 424 g/mol. The second-order valence-electron chi connectivity index (χ2n) is 7.60. The zero-order valence-electron chi connectivity index (χ0n) is 17.5. The Kier molecular flexibility index (Phi) is 6.08. The number of hydrogen-bond acceptors (Lipinski definition) is 7. The molecule has 2 aromatic heterocycles. The average molecular weight is 424 g/mol. The maximum atomic E-state index is 13.3. The second-order valence-corrected chi connectivity index (χ2v) is 7.60. The summed E-state index contributed by atoms with van der Waals surface area (Å²) >= 11 is 0. The number of H-pyrrole nitrogens is 1. The van der Waals surface area contributed by atoms with E-state index in [0.29, 0.717) is 23.0 Å². The summed E-state index contributed by atoms with van der Waals surface area (Å²) in [5.74, 6) is 1.47. The van der Waals surface area contributed by atoms with Gasteiger partial charge < -0.3 is 20.4 Å².